The minimum Gasteiger partial charge on any atom is -0.394 e. The summed E-state index contributed by atoms with van der Waals surface area (Å²) in [6, 6.07) is 4.32. The van der Waals surface area contributed by atoms with Crippen molar-refractivity contribution in [1.82, 2.24) is 4.57 Å². The number of aliphatic hydroxyl groups is 1. The summed E-state index contributed by atoms with van der Waals surface area (Å²) >= 11 is 0. The van der Waals surface area contributed by atoms with Gasteiger partial charge in [-0.1, -0.05) is 6.92 Å². The molecule has 11 heavy (non-hydrogen) atoms. The van der Waals surface area contributed by atoms with Crippen LogP contribution >= 0.6 is 0 Å². The van der Waals surface area contributed by atoms with E-state index in [0.717, 1.165) is 6.42 Å². The maximum atomic E-state index is 9.00. The quantitative estimate of drug-likeness (QED) is 0.703. The lowest BCUT2D eigenvalue weighted by Crippen LogP contribution is -2.12. The highest BCUT2D eigenvalue weighted by atomic mass is 16.3. The molecule has 0 saturated heterocycles. The largest absolute Gasteiger partial charge is 0.394 e. The minimum absolute atomic E-state index is 0.228. The van der Waals surface area contributed by atoms with Gasteiger partial charge < -0.3 is 9.67 Å². The van der Waals surface area contributed by atoms with E-state index in [1.807, 2.05) is 12.3 Å². The van der Waals surface area contributed by atoms with Crippen LogP contribution in [0.25, 0.3) is 0 Å². The van der Waals surface area contributed by atoms with Crippen molar-refractivity contribution in [3.05, 3.63) is 24.0 Å². The summed E-state index contributed by atoms with van der Waals surface area (Å²) in [4.78, 5) is 0. The Morgan fingerprint density at radius 3 is 2.73 bits per heavy atom. The van der Waals surface area contributed by atoms with E-state index < -0.39 is 0 Å². The van der Waals surface area contributed by atoms with Crippen LogP contribution in [0.2, 0.25) is 0 Å². The van der Waals surface area contributed by atoms with E-state index in [9.17, 15) is 0 Å². The molecule has 2 nitrogen and oxygen atoms in total. The Morgan fingerprint density at radius 2 is 2.36 bits per heavy atom. The molecular formula is C9H15NO. The standard InChI is InChI=1S/C9H15NO/c1-3-9(7-11)10-6-4-5-8(10)2/h4-6,9,11H,3,7H2,1-2H3/t9-/m0/s1. The molecule has 0 spiro atoms. The minimum atomic E-state index is 0.228. The smallest absolute Gasteiger partial charge is 0.0638 e. The summed E-state index contributed by atoms with van der Waals surface area (Å²) in [6.07, 6.45) is 2.99. The second-order valence-corrected chi connectivity index (χ2v) is 2.80. The lowest BCUT2D eigenvalue weighted by molar-refractivity contribution is 0.223. The molecule has 0 aromatic carbocycles. The molecule has 0 fully saturated rings. The predicted molar refractivity (Wildman–Crippen MR) is 45.6 cm³/mol. The van der Waals surface area contributed by atoms with Gasteiger partial charge in [-0.25, -0.2) is 0 Å². The topological polar surface area (TPSA) is 25.2 Å². The van der Waals surface area contributed by atoms with E-state index in [1.165, 1.54) is 5.69 Å². The van der Waals surface area contributed by atoms with E-state index in [4.69, 9.17) is 5.11 Å². The van der Waals surface area contributed by atoms with Gasteiger partial charge in [-0.2, -0.15) is 0 Å². The van der Waals surface area contributed by atoms with E-state index >= 15 is 0 Å². The van der Waals surface area contributed by atoms with Crippen molar-refractivity contribution in [2.75, 3.05) is 6.61 Å². The lowest BCUT2D eigenvalue weighted by atomic mass is 10.2. The molecule has 1 atom stereocenters. The van der Waals surface area contributed by atoms with Gasteiger partial charge in [-0.3, -0.25) is 0 Å². The molecule has 0 aliphatic carbocycles. The van der Waals surface area contributed by atoms with E-state index in [0.29, 0.717) is 0 Å². The van der Waals surface area contributed by atoms with Gasteiger partial charge in [0.25, 0.3) is 0 Å². The fraction of sp³-hybridized carbons (Fsp3) is 0.556. The van der Waals surface area contributed by atoms with Gasteiger partial charge in [0.1, 0.15) is 0 Å². The molecule has 1 heterocycles. The molecule has 0 bridgehead atoms. The molecule has 0 aliphatic heterocycles. The summed E-state index contributed by atoms with van der Waals surface area (Å²) in [5, 5.41) is 9.00. The van der Waals surface area contributed by atoms with Crippen LogP contribution in [0.4, 0.5) is 0 Å². The predicted octanol–water partition coefficient (Wildman–Crippen LogP) is 1.74. The summed E-state index contributed by atoms with van der Waals surface area (Å²) in [5.41, 5.74) is 1.21. The van der Waals surface area contributed by atoms with Crippen LogP contribution < -0.4 is 0 Å². The maximum absolute atomic E-state index is 9.00. The third-order valence-electron chi connectivity index (χ3n) is 2.07. The van der Waals surface area contributed by atoms with Crippen molar-refractivity contribution in [1.29, 1.82) is 0 Å². The van der Waals surface area contributed by atoms with Crippen LogP contribution in [0.1, 0.15) is 25.1 Å². The van der Waals surface area contributed by atoms with Crippen LogP contribution in [0.3, 0.4) is 0 Å². The SMILES string of the molecule is CC[C@@H](CO)n1cccc1C. The molecule has 0 radical (unpaired) electrons. The molecule has 0 aliphatic rings. The number of rotatable bonds is 3. The zero-order valence-corrected chi connectivity index (χ0v) is 7.12. The molecule has 0 amide bonds. The Hall–Kier alpha value is -0.760. The number of hydrogen-bond acceptors (Lipinski definition) is 1. The number of aliphatic hydroxyl groups excluding tert-OH is 1. The summed E-state index contributed by atoms with van der Waals surface area (Å²) in [5.74, 6) is 0. The average Bonchev–Trinajstić information content (AvgIpc) is 2.40. The van der Waals surface area contributed by atoms with Crippen molar-refractivity contribution in [3.63, 3.8) is 0 Å². The molecule has 1 aromatic heterocycles. The Balaban J connectivity index is 2.81. The zero-order valence-electron chi connectivity index (χ0n) is 7.12. The van der Waals surface area contributed by atoms with Gasteiger partial charge in [-0.15, -0.1) is 0 Å². The van der Waals surface area contributed by atoms with Crippen molar-refractivity contribution in [2.24, 2.45) is 0 Å². The molecule has 2 heteroatoms. The first-order valence-electron chi connectivity index (χ1n) is 4.04. The number of hydrogen-bond donors (Lipinski definition) is 1. The zero-order chi connectivity index (χ0) is 8.27. The monoisotopic (exact) mass is 153 g/mol. The molecule has 62 valence electrons. The Bertz CT molecular complexity index is 213. The first-order chi connectivity index (χ1) is 5.29. The fourth-order valence-electron chi connectivity index (χ4n) is 1.30. The third kappa shape index (κ3) is 1.63. The first-order valence-corrected chi connectivity index (χ1v) is 4.04. The van der Waals surface area contributed by atoms with Crippen molar-refractivity contribution in [3.8, 4) is 0 Å². The highest BCUT2D eigenvalue weighted by Gasteiger charge is 2.06. The molecule has 1 rings (SSSR count). The number of nitrogens with zero attached hydrogens (tertiary/aromatic N) is 1. The van der Waals surface area contributed by atoms with Gasteiger partial charge in [0.15, 0.2) is 0 Å². The van der Waals surface area contributed by atoms with Crippen molar-refractivity contribution < 1.29 is 5.11 Å². The summed E-state index contributed by atoms with van der Waals surface area (Å²) in [7, 11) is 0. The van der Waals surface area contributed by atoms with E-state index in [1.54, 1.807) is 0 Å². The normalized spacial score (nSPS) is 13.4. The Morgan fingerprint density at radius 1 is 1.64 bits per heavy atom. The highest BCUT2D eigenvalue weighted by molar-refractivity contribution is 5.05. The number of aromatic nitrogens is 1. The first kappa shape index (κ1) is 8.34. The van der Waals surface area contributed by atoms with E-state index in [2.05, 4.69) is 24.5 Å². The maximum Gasteiger partial charge on any atom is 0.0638 e. The molecule has 1 aromatic rings. The molecule has 0 unspecified atom stereocenters. The van der Waals surface area contributed by atoms with Crippen LogP contribution in [-0.2, 0) is 0 Å². The van der Waals surface area contributed by atoms with Crippen molar-refractivity contribution >= 4 is 0 Å². The molecule has 1 N–H and O–H groups in total. The van der Waals surface area contributed by atoms with Gasteiger partial charge in [-0.05, 0) is 25.5 Å². The molecule has 0 saturated carbocycles. The summed E-state index contributed by atoms with van der Waals surface area (Å²) in [6.45, 7) is 4.37. The summed E-state index contributed by atoms with van der Waals surface area (Å²) < 4.78 is 2.11. The van der Waals surface area contributed by atoms with Gasteiger partial charge in [0, 0.05) is 11.9 Å². The van der Waals surface area contributed by atoms with Crippen LogP contribution in [0.5, 0.6) is 0 Å². The van der Waals surface area contributed by atoms with Gasteiger partial charge in [0.05, 0.1) is 12.6 Å². The molecular weight excluding hydrogens is 138 g/mol. The van der Waals surface area contributed by atoms with Crippen LogP contribution in [0.15, 0.2) is 18.3 Å². The lowest BCUT2D eigenvalue weighted by Gasteiger charge is -2.15. The van der Waals surface area contributed by atoms with Crippen LogP contribution in [0, 0.1) is 6.92 Å². The fourth-order valence-corrected chi connectivity index (χ4v) is 1.30. The second kappa shape index (κ2) is 3.58. The van der Waals surface area contributed by atoms with E-state index in [-0.39, 0.29) is 12.6 Å². The third-order valence-corrected chi connectivity index (χ3v) is 2.07. The van der Waals surface area contributed by atoms with Crippen molar-refractivity contribution in [2.45, 2.75) is 26.3 Å². The van der Waals surface area contributed by atoms with Gasteiger partial charge in [0.2, 0.25) is 0 Å². The highest BCUT2D eigenvalue weighted by Crippen LogP contribution is 2.13. The average molecular weight is 153 g/mol. The van der Waals surface area contributed by atoms with Crippen LogP contribution in [-0.4, -0.2) is 16.3 Å². The Kier molecular flexibility index (Phi) is 2.71. The second-order valence-electron chi connectivity index (χ2n) is 2.80. The Labute approximate surface area is 67.5 Å². The van der Waals surface area contributed by atoms with Gasteiger partial charge >= 0.3 is 0 Å². The number of aryl methyl sites for hydroxylation is 1.